The van der Waals surface area contributed by atoms with Crippen molar-refractivity contribution < 1.29 is 19.1 Å². The zero-order chi connectivity index (χ0) is 24.8. The zero-order valence-corrected chi connectivity index (χ0v) is 19.9. The van der Waals surface area contributed by atoms with E-state index < -0.39 is 18.5 Å². The summed E-state index contributed by atoms with van der Waals surface area (Å²) in [5.41, 5.74) is 5.95. The highest BCUT2D eigenvalue weighted by molar-refractivity contribution is 5.94. The van der Waals surface area contributed by atoms with Crippen LogP contribution < -0.4 is 10.1 Å². The van der Waals surface area contributed by atoms with Crippen LogP contribution >= 0.6 is 0 Å². The molecule has 0 saturated heterocycles. The van der Waals surface area contributed by atoms with E-state index in [2.05, 4.69) is 10.4 Å². The molecule has 0 bridgehead atoms. The van der Waals surface area contributed by atoms with Crippen LogP contribution in [-0.4, -0.2) is 34.9 Å². The number of esters is 1. The first-order chi connectivity index (χ1) is 16.9. The Balaban J connectivity index is 1.32. The van der Waals surface area contributed by atoms with E-state index in [4.69, 9.17) is 9.47 Å². The Labute approximate surface area is 204 Å². The quantitative estimate of drug-likeness (QED) is 0.366. The molecule has 7 heteroatoms. The number of aryl methyl sites for hydroxylation is 2. The standard InChI is InChI=1S/C28H27N3O4/c1-19-13-15-23(16-14-19)31-21(3)28(20(2)30-31)29-26(32)17-35-27(33)18-34-25-12-8-7-11-24(25)22-9-5-4-6-10-22/h4-16H,17-18H2,1-3H3,(H,29,32). The van der Waals surface area contributed by atoms with Crippen molar-refractivity contribution in [1.82, 2.24) is 9.78 Å². The van der Waals surface area contributed by atoms with Gasteiger partial charge in [0.2, 0.25) is 0 Å². The minimum absolute atomic E-state index is 0.305. The normalized spacial score (nSPS) is 10.6. The highest BCUT2D eigenvalue weighted by Crippen LogP contribution is 2.29. The zero-order valence-electron chi connectivity index (χ0n) is 19.9. The summed E-state index contributed by atoms with van der Waals surface area (Å²) in [6, 6.07) is 25.1. The van der Waals surface area contributed by atoms with Crippen molar-refractivity contribution in [3.63, 3.8) is 0 Å². The number of hydrogen-bond acceptors (Lipinski definition) is 5. The molecular weight excluding hydrogens is 442 g/mol. The molecule has 4 aromatic rings. The van der Waals surface area contributed by atoms with E-state index in [0.717, 1.165) is 28.1 Å². The third-order valence-corrected chi connectivity index (χ3v) is 5.52. The first-order valence-corrected chi connectivity index (χ1v) is 11.3. The molecule has 178 valence electrons. The molecule has 35 heavy (non-hydrogen) atoms. The topological polar surface area (TPSA) is 82.5 Å². The summed E-state index contributed by atoms with van der Waals surface area (Å²) in [5, 5.41) is 7.33. The van der Waals surface area contributed by atoms with Crippen molar-refractivity contribution in [3.8, 4) is 22.6 Å². The smallest absolute Gasteiger partial charge is 0.344 e. The average Bonchev–Trinajstić information content (AvgIpc) is 3.15. The molecule has 0 saturated carbocycles. The van der Waals surface area contributed by atoms with Crippen LogP contribution in [0.15, 0.2) is 78.9 Å². The molecule has 0 aliphatic carbocycles. The molecule has 4 rings (SSSR count). The van der Waals surface area contributed by atoms with Gasteiger partial charge in [-0.15, -0.1) is 0 Å². The Morgan fingerprint density at radius 3 is 2.29 bits per heavy atom. The number of nitrogens with zero attached hydrogens (tertiary/aromatic N) is 2. The lowest BCUT2D eigenvalue weighted by molar-refractivity contribution is -0.149. The summed E-state index contributed by atoms with van der Waals surface area (Å²) >= 11 is 0. The Kier molecular flexibility index (Phi) is 7.26. The lowest BCUT2D eigenvalue weighted by Gasteiger charge is -2.11. The van der Waals surface area contributed by atoms with E-state index in [-0.39, 0.29) is 6.61 Å². The second kappa shape index (κ2) is 10.7. The summed E-state index contributed by atoms with van der Waals surface area (Å²) in [6.07, 6.45) is 0. The van der Waals surface area contributed by atoms with E-state index in [0.29, 0.717) is 17.1 Å². The molecule has 1 aromatic heterocycles. The van der Waals surface area contributed by atoms with Gasteiger partial charge in [0.25, 0.3) is 5.91 Å². The maximum atomic E-state index is 12.5. The predicted molar refractivity (Wildman–Crippen MR) is 135 cm³/mol. The minimum Gasteiger partial charge on any atom is -0.481 e. The molecular formula is C28H27N3O4. The Bertz CT molecular complexity index is 1330. The molecule has 1 heterocycles. The van der Waals surface area contributed by atoms with E-state index in [1.165, 1.54) is 0 Å². The molecule has 0 atom stereocenters. The lowest BCUT2D eigenvalue weighted by Crippen LogP contribution is -2.24. The number of ether oxygens (including phenoxy) is 2. The molecule has 0 aliphatic heterocycles. The van der Waals surface area contributed by atoms with Crippen LogP contribution in [0.3, 0.4) is 0 Å². The van der Waals surface area contributed by atoms with Crippen molar-refractivity contribution in [1.29, 1.82) is 0 Å². The number of carbonyl (C=O) groups excluding carboxylic acids is 2. The third kappa shape index (κ3) is 5.76. The molecule has 1 amide bonds. The van der Waals surface area contributed by atoms with Crippen LogP contribution in [0, 0.1) is 20.8 Å². The first-order valence-electron chi connectivity index (χ1n) is 11.3. The van der Waals surface area contributed by atoms with Gasteiger partial charge >= 0.3 is 5.97 Å². The van der Waals surface area contributed by atoms with Gasteiger partial charge in [-0.2, -0.15) is 5.10 Å². The van der Waals surface area contributed by atoms with Crippen LogP contribution in [0.1, 0.15) is 17.0 Å². The van der Waals surface area contributed by atoms with Gasteiger partial charge in [-0.1, -0.05) is 66.2 Å². The summed E-state index contributed by atoms with van der Waals surface area (Å²) in [5.74, 6) is -0.514. The molecule has 0 aliphatic rings. The number of benzene rings is 3. The van der Waals surface area contributed by atoms with Gasteiger partial charge in [0, 0.05) is 5.56 Å². The van der Waals surface area contributed by atoms with E-state index in [1.807, 2.05) is 93.6 Å². The Morgan fingerprint density at radius 2 is 1.54 bits per heavy atom. The van der Waals surface area contributed by atoms with Crippen LogP contribution in [0.5, 0.6) is 5.75 Å². The van der Waals surface area contributed by atoms with Crippen molar-refractivity contribution in [3.05, 3.63) is 95.8 Å². The largest absolute Gasteiger partial charge is 0.481 e. The Morgan fingerprint density at radius 1 is 0.857 bits per heavy atom. The predicted octanol–water partition coefficient (Wildman–Crippen LogP) is 5.03. The molecule has 0 radical (unpaired) electrons. The number of hydrogen-bond donors (Lipinski definition) is 1. The number of anilines is 1. The molecule has 0 spiro atoms. The van der Waals surface area contributed by atoms with Crippen LogP contribution in [0.25, 0.3) is 16.8 Å². The van der Waals surface area contributed by atoms with Gasteiger partial charge in [0.1, 0.15) is 5.75 Å². The average molecular weight is 470 g/mol. The molecule has 3 aromatic carbocycles. The van der Waals surface area contributed by atoms with Crippen LogP contribution in [-0.2, 0) is 14.3 Å². The van der Waals surface area contributed by atoms with E-state index in [1.54, 1.807) is 10.7 Å². The summed E-state index contributed by atoms with van der Waals surface area (Å²) in [7, 11) is 0. The molecule has 1 N–H and O–H groups in total. The van der Waals surface area contributed by atoms with Gasteiger partial charge in [-0.25, -0.2) is 9.48 Å². The molecule has 7 nitrogen and oxygen atoms in total. The second-order valence-electron chi connectivity index (χ2n) is 8.15. The maximum absolute atomic E-state index is 12.5. The number of nitrogens with one attached hydrogen (secondary N) is 1. The number of carbonyl (C=O) groups is 2. The van der Waals surface area contributed by atoms with Crippen molar-refractivity contribution >= 4 is 17.6 Å². The summed E-state index contributed by atoms with van der Waals surface area (Å²) in [6.45, 7) is 4.99. The van der Waals surface area contributed by atoms with Crippen molar-refractivity contribution in [2.24, 2.45) is 0 Å². The number of aromatic nitrogens is 2. The maximum Gasteiger partial charge on any atom is 0.344 e. The minimum atomic E-state index is -0.633. The molecule has 0 unspecified atom stereocenters. The summed E-state index contributed by atoms with van der Waals surface area (Å²) < 4.78 is 12.6. The fourth-order valence-corrected chi connectivity index (χ4v) is 3.71. The highest BCUT2D eigenvalue weighted by atomic mass is 16.6. The fraction of sp³-hybridized carbons (Fsp3) is 0.179. The van der Waals surface area contributed by atoms with Crippen LogP contribution in [0.4, 0.5) is 5.69 Å². The monoisotopic (exact) mass is 469 g/mol. The second-order valence-corrected chi connectivity index (χ2v) is 8.15. The van der Waals surface area contributed by atoms with Gasteiger partial charge in [0.15, 0.2) is 13.2 Å². The highest BCUT2D eigenvalue weighted by Gasteiger charge is 2.17. The third-order valence-electron chi connectivity index (χ3n) is 5.52. The summed E-state index contributed by atoms with van der Waals surface area (Å²) in [4.78, 5) is 24.7. The van der Waals surface area contributed by atoms with E-state index >= 15 is 0 Å². The SMILES string of the molecule is Cc1ccc(-n2nc(C)c(NC(=O)COC(=O)COc3ccccc3-c3ccccc3)c2C)cc1. The van der Waals surface area contributed by atoms with Crippen molar-refractivity contribution in [2.75, 3.05) is 18.5 Å². The van der Waals surface area contributed by atoms with E-state index in [9.17, 15) is 9.59 Å². The Hall–Kier alpha value is -4.39. The fourth-order valence-electron chi connectivity index (χ4n) is 3.71. The van der Waals surface area contributed by atoms with Gasteiger partial charge in [-0.05, 0) is 44.5 Å². The van der Waals surface area contributed by atoms with Crippen LogP contribution in [0.2, 0.25) is 0 Å². The van der Waals surface area contributed by atoms with Gasteiger partial charge in [0.05, 0.1) is 22.8 Å². The number of para-hydroxylation sites is 1. The molecule has 0 fully saturated rings. The van der Waals surface area contributed by atoms with Crippen molar-refractivity contribution in [2.45, 2.75) is 20.8 Å². The number of amides is 1. The van der Waals surface area contributed by atoms with Gasteiger partial charge in [-0.3, -0.25) is 4.79 Å². The lowest BCUT2D eigenvalue weighted by atomic mass is 10.1. The van der Waals surface area contributed by atoms with Gasteiger partial charge < -0.3 is 14.8 Å². The first kappa shape index (κ1) is 23.8. The number of rotatable bonds is 8.